The Morgan fingerprint density at radius 2 is 2.00 bits per heavy atom. The molecule has 1 atom stereocenters. The van der Waals surface area contributed by atoms with Gasteiger partial charge in [-0.15, -0.1) is 0 Å². The minimum atomic E-state index is -0.176. The van der Waals surface area contributed by atoms with Crippen LogP contribution < -0.4 is 0 Å². The minimum absolute atomic E-state index is 0.176. The fraction of sp³-hybridized carbons (Fsp3) is 1.00. The topological polar surface area (TPSA) is 49.7 Å². The van der Waals surface area contributed by atoms with Crippen LogP contribution in [0.5, 0.6) is 0 Å². The van der Waals surface area contributed by atoms with Gasteiger partial charge in [0.25, 0.3) is 0 Å². The molecule has 0 spiro atoms. The summed E-state index contributed by atoms with van der Waals surface area (Å²) in [5, 5.41) is 16.8. The standard InChI is InChI=1S/C4H8O2.C4H8O/c5-4-1-2-6-3-4;5-3-4-1-2-4/h4-5H,1-3H2;4-5H,1-3H2. The second-order valence-corrected chi connectivity index (χ2v) is 3.14. The quantitative estimate of drug-likeness (QED) is 0.574. The molecule has 66 valence electrons. The maximum Gasteiger partial charge on any atom is 0.0795 e. The summed E-state index contributed by atoms with van der Waals surface area (Å²) in [6, 6.07) is 0. The third-order valence-electron chi connectivity index (χ3n) is 1.86. The molecule has 1 aliphatic heterocycles. The van der Waals surface area contributed by atoms with Crippen LogP contribution in [-0.2, 0) is 4.74 Å². The van der Waals surface area contributed by atoms with E-state index in [1.54, 1.807) is 0 Å². The summed E-state index contributed by atoms with van der Waals surface area (Å²) in [6.07, 6.45) is 3.16. The van der Waals surface area contributed by atoms with Crippen molar-refractivity contribution in [1.29, 1.82) is 0 Å². The molecule has 0 amide bonds. The van der Waals surface area contributed by atoms with Crippen molar-refractivity contribution < 1.29 is 14.9 Å². The van der Waals surface area contributed by atoms with Gasteiger partial charge in [-0.25, -0.2) is 0 Å². The molecule has 0 aromatic carbocycles. The number of aliphatic hydroxyl groups is 2. The molecule has 3 heteroatoms. The number of ether oxygens (including phenoxy) is 1. The van der Waals surface area contributed by atoms with Gasteiger partial charge in [0.1, 0.15) is 0 Å². The Bertz CT molecular complexity index is 95.5. The summed E-state index contributed by atoms with van der Waals surface area (Å²) in [5.74, 6) is 0.690. The van der Waals surface area contributed by atoms with E-state index in [0.29, 0.717) is 19.1 Å². The SMILES string of the molecule is OC1CCOC1.OCC1CC1. The second kappa shape index (κ2) is 4.70. The van der Waals surface area contributed by atoms with Crippen LogP contribution in [0.1, 0.15) is 19.3 Å². The summed E-state index contributed by atoms with van der Waals surface area (Å²) in [4.78, 5) is 0. The first-order valence-corrected chi connectivity index (χ1v) is 4.19. The summed E-state index contributed by atoms with van der Waals surface area (Å²) < 4.78 is 4.81. The number of hydrogen-bond donors (Lipinski definition) is 2. The molecule has 2 rings (SSSR count). The van der Waals surface area contributed by atoms with Crippen molar-refractivity contribution in [2.24, 2.45) is 5.92 Å². The molecule has 1 saturated carbocycles. The third-order valence-corrected chi connectivity index (χ3v) is 1.86. The molecule has 1 saturated heterocycles. The van der Waals surface area contributed by atoms with Gasteiger partial charge in [0.2, 0.25) is 0 Å². The molecule has 0 aromatic rings. The van der Waals surface area contributed by atoms with Crippen molar-refractivity contribution in [3.63, 3.8) is 0 Å². The first-order chi connectivity index (χ1) is 5.33. The van der Waals surface area contributed by atoms with E-state index in [1.807, 2.05) is 0 Å². The van der Waals surface area contributed by atoms with Gasteiger partial charge in [0.15, 0.2) is 0 Å². The summed E-state index contributed by atoms with van der Waals surface area (Å²) >= 11 is 0. The zero-order chi connectivity index (χ0) is 8.10. The largest absolute Gasteiger partial charge is 0.396 e. The van der Waals surface area contributed by atoms with Crippen molar-refractivity contribution in [2.45, 2.75) is 25.4 Å². The maximum absolute atomic E-state index is 8.60. The van der Waals surface area contributed by atoms with E-state index in [-0.39, 0.29) is 6.10 Å². The molecule has 2 fully saturated rings. The highest BCUT2D eigenvalue weighted by atomic mass is 16.5. The van der Waals surface area contributed by atoms with Crippen LogP contribution in [0.3, 0.4) is 0 Å². The average molecular weight is 160 g/mol. The Balaban J connectivity index is 0.000000112. The lowest BCUT2D eigenvalue weighted by Crippen LogP contribution is -2.02. The van der Waals surface area contributed by atoms with Gasteiger partial charge in [-0.1, -0.05) is 0 Å². The zero-order valence-electron chi connectivity index (χ0n) is 6.70. The summed E-state index contributed by atoms with van der Waals surface area (Å²) in [7, 11) is 0. The van der Waals surface area contributed by atoms with Crippen LogP contribution in [0.15, 0.2) is 0 Å². The Morgan fingerprint density at radius 3 is 2.09 bits per heavy atom. The molecule has 0 bridgehead atoms. The van der Waals surface area contributed by atoms with Gasteiger partial charge in [0, 0.05) is 13.2 Å². The number of aliphatic hydroxyl groups excluding tert-OH is 2. The Kier molecular flexibility index (Phi) is 3.83. The van der Waals surface area contributed by atoms with Crippen LogP contribution in [0.25, 0.3) is 0 Å². The van der Waals surface area contributed by atoms with E-state index in [9.17, 15) is 0 Å². The Morgan fingerprint density at radius 1 is 1.27 bits per heavy atom. The van der Waals surface area contributed by atoms with E-state index in [2.05, 4.69) is 0 Å². The van der Waals surface area contributed by atoms with Crippen molar-refractivity contribution in [3.8, 4) is 0 Å². The highest BCUT2D eigenvalue weighted by molar-refractivity contribution is 4.70. The lowest BCUT2D eigenvalue weighted by Gasteiger charge is -1.89. The van der Waals surface area contributed by atoms with Crippen molar-refractivity contribution in [3.05, 3.63) is 0 Å². The minimum Gasteiger partial charge on any atom is -0.396 e. The highest BCUT2D eigenvalue weighted by Gasteiger charge is 2.18. The lowest BCUT2D eigenvalue weighted by atomic mass is 10.3. The third kappa shape index (κ3) is 4.35. The maximum atomic E-state index is 8.60. The van der Waals surface area contributed by atoms with E-state index in [1.165, 1.54) is 12.8 Å². The first kappa shape index (κ1) is 8.97. The predicted molar refractivity (Wildman–Crippen MR) is 41.3 cm³/mol. The normalized spacial score (nSPS) is 29.5. The van der Waals surface area contributed by atoms with E-state index < -0.39 is 0 Å². The summed E-state index contributed by atoms with van der Waals surface area (Å²) in [5.41, 5.74) is 0. The van der Waals surface area contributed by atoms with Crippen LogP contribution in [-0.4, -0.2) is 36.1 Å². The molecule has 1 aliphatic carbocycles. The van der Waals surface area contributed by atoms with Crippen molar-refractivity contribution >= 4 is 0 Å². The van der Waals surface area contributed by atoms with Gasteiger partial charge >= 0.3 is 0 Å². The van der Waals surface area contributed by atoms with Crippen LogP contribution in [0, 0.1) is 5.92 Å². The van der Waals surface area contributed by atoms with E-state index >= 15 is 0 Å². The Labute approximate surface area is 67.0 Å². The van der Waals surface area contributed by atoms with Gasteiger partial charge in [-0.2, -0.15) is 0 Å². The smallest absolute Gasteiger partial charge is 0.0795 e. The molecule has 0 radical (unpaired) electrons. The molecule has 2 N–H and O–H groups in total. The van der Waals surface area contributed by atoms with Gasteiger partial charge in [0.05, 0.1) is 12.7 Å². The summed E-state index contributed by atoms with van der Waals surface area (Å²) in [6.45, 7) is 1.70. The van der Waals surface area contributed by atoms with Gasteiger partial charge < -0.3 is 14.9 Å². The number of hydrogen-bond acceptors (Lipinski definition) is 3. The highest BCUT2D eigenvalue weighted by Crippen LogP contribution is 2.27. The molecule has 1 unspecified atom stereocenters. The Hall–Kier alpha value is -0.120. The van der Waals surface area contributed by atoms with E-state index in [0.717, 1.165) is 13.0 Å². The molecule has 3 nitrogen and oxygen atoms in total. The molecule has 0 aromatic heterocycles. The van der Waals surface area contributed by atoms with Crippen LogP contribution in [0.2, 0.25) is 0 Å². The van der Waals surface area contributed by atoms with Crippen LogP contribution in [0.4, 0.5) is 0 Å². The molecular weight excluding hydrogens is 144 g/mol. The molecular formula is C8H16O3. The monoisotopic (exact) mass is 160 g/mol. The fourth-order valence-corrected chi connectivity index (χ4v) is 0.823. The van der Waals surface area contributed by atoms with Crippen LogP contribution >= 0.6 is 0 Å². The second-order valence-electron chi connectivity index (χ2n) is 3.14. The van der Waals surface area contributed by atoms with Gasteiger partial charge in [-0.05, 0) is 25.2 Å². The van der Waals surface area contributed by atoms with Gasteiger partial charge in [-0.3, -0.25) is 0 Å². The molecule has 11 heavy (non-hydrogen) atoms. The molecule has 1 heterocycles. The predicted octanol–water partition coefficient (Wildman–Crippen LogP) is 0.156. The van der Waals surface area contributed by atoms with Crippen molar-refractivity contribution in [1.82, 2.24) is 0 Å². The van der Waals surface area contributed by atoms with Crippen molar-refractivity contribution in [2.75, 3.05) is 19.8 Å². The average Bonchev–Trinajstić information content (AvgIpc) is 2.75. The van der Waals surface area contributed by atoms with E-state index in [4.69, 9.17) is 14.9 Å². The number of rotatable bonds is 1. The first-order valence-electron chi connectivity index (χ1n) is 4.19. The molecule has 2 aliphatic rings. The fourth-order valence-electron chi connectivity index (χ4n) is 0.823. The zero-order valence-corrected chi connectivity index (χ0v) is 6.70. The lowest BCUT2D eigenvalue weighted by molar-refractivity contribution is 0.127.